The number of thiophene rings is 1. The van der Waals surface area contributed by atoms with Crippen LogP contribution in [-0.4, -0.2) is 62.0 Å². The van der Waals surface area contributed by atoms with Crippen LogP contribution in [0.5, 0.6) is 0 Å². The lowest BCUT2D eigenvalue weighted by Crippen LogP contribution is -2.48. The lowest BCUT2D eigenvalue weighted by molar-refractivity contribution is 0.384. The van der Waals surface area contributed by atoms with Crippen LogP contribution >= 0.6 is 11.3 Å². The fourth-order valence-corrected chi connectivity index (χ4v) is 6.25. The number of aryl methyl sites for hydroxylation is 1. The Morgan fingerprint density at radius 3 is 2.15 bits per heavy atom. The predicted molar refractivity (Wildman–Crippen MR) is 108 cm³/mol. The molecule has 0 aliphatic carbocycles. The van der Waals surface area contributed by atoms with Crippen LogP contribution in [0.4, 0.5) is 11.6 Å². The maximum Gasteiger partial charge on any atom is 0.252 e. The summed E-state index contributed by atoms with van der Waals surface area (Å²) in [6, 6.07) is 5.51. The van der Waals surface area contributed by atoms with Crippen molar-refractivity contribution in [3.05, 3.63) is 29.4 Å². The van der Waals surface area contributed by atoms with Crippen molar-refractivity contribution < 1.29 is 8.42 Å². The molecule has 4 heterocycles. The van der Waals surface area contributed by atoms with Crippen molar-refractivity contribution in [1.82, 2.24) is 14.3 Å². The van der Waals surface area contributed by atoms with Gasteiger partial charge in [0.25, 0.3) is 10.0 Å². The number of anilines is 2. The molecule has 0 spiro atoms. The molecular formula is C18H25N5O2S2. The van der Waals surface area contributed by atoms with E-state index < -0.39 is 10.0 Å². The highest BCUT2D eigenvalue weighted by atomic mass is 32.2. The van der Waals surface area contributed by atoms with Crippen LogP contribution in [0.1, 0.15) is 25.1 Å². The largest absolute Gasteiger partial charge is 0.356 e. The van der Waals surface area contributed by atoms with E-state index in [1.54, 1.807) is 21.8 Å². The minimum Gasteiger partial charge on any atom is -0.356 e. The van der Waals surface area contributed by atoms with Gasteiger partial charge in [-0.05, 0) is 37.6 Å². The summed E-state index contributed by atoms with van der Waals surface area (Å²) in [5, 5.41) is 1.80. The van der Waals surface area contributed by atoms with Gasteiger partial charge in [0.1, 0.15) is 21.7 Å². The zero-order chi connectivity index (χ0) is 18.9. The van der Waals surface area contributed by atoms with Crippen LogP contribution in [0, 0.1) is 6.92 Å². The molecule has 27 heavy (non-hydrogen) atoms. The van der Waals surface area contributed by atoms with Gasteiger partial charge in [-0.15, -0.1) is 11.3 Å². The first-order chi connectivity index (χ1) is 13.0. The molecule has 0 aromatic carbocycles. The van der Waals surface area contributed by atoms with Gasteiger partial charge < -0.3 is 9.80 Å². The minimum atomic E-state index is -3.37. The third-order valence-corrected chi connectivity index (χ3v) is 8.41. The standard InChI is InChI=1S/C18H25N5O2S2/c1-15-19-16(21-7-3-2-4-8-21)14-17(20-15)22-9-11-23(12-10-22)27(24,25)18-6-5-13-26-18/h5-6,13-14H,2-4,7-12H2,1H3. The Labute approximate surface area is 164 Å². The first-order valence-electron chi connectivity index (χ1n) is 9.43. The van der Waals surface area contributed by atoms with E-state index in [0.717, 1.165) is 30.5 Å². The zero-order valence-corrected chi connectivity index (χ0v) is 17.2. The Morgan fingerprint density at radius 2 is 1.56 bits per heavy atom. The monoisotopic (exact) mass is 407 g/mol. The lowest BCUT2D eigenvalue weighted by atomic mass is 10.1. The molecule has 7 nitrogen and oxygen atoms in total. The number of sulfonamides is 1. The van der Waals surface area contributed by atoms with Gasteiger partial charge in [0.05, 0.1) is 0 Å². The van der Waals surface area contributed by atoms with Crippen molar-refractivity contribution in [3.8, 4) is 0 Å². The molecule has 2 aliphatic rings. The van der Waals surface area contributed by atoms with Gasteiger partial charge in [-0.2, -0.15) is 4.31 Å². The summed E-state index contributed by atoms with van der Waals surface area (Å²) in [6.45, 7) is 6.24. The molecule has 0 saturated carbocycles. The van der Waals surface area contributed by atoms with Crippen molar-refractivity contribution in [2.24, 2.45) is 0 Å². The fraction of sp³-hybridized carbons (Fsp3) is 0.556. The maximum atomic E-state index is 12.7. The summed E-state index contributed by atoms with van der Waals surface area (Å²) in [7, 11) is -3.37. The first kappa shape index (κ1) is 18.6. The van der Waals surface area contributed by atoms with Crippen molar-refractivity contribution in [3.63, 3.8) is 0 Å². The van der Waals surface area contributed by atoms with E-state index in [9.17, 15) is 8.42 Å². The smallest absolute Gasteiger partial charge is 0.252 e. The highest BCUT2D eigenvalue weighted by Crippen LogP contribution is 2.26. The van der Waals surface area contributed by atoms with Crippen LogP contribution in [0.3, 0.4) is 0 Å². The quantitative estimate of drug-likeness (QED) is 0.775. The van der Waals surface area contributed by atoms with E-state index in [0.29, 0.717) is 30.4 Å². The molecule has 0 radical (unpaired) electrons. The molecule has 2 saturated heterocycles. The summed E-state index contributed by atoms with van der Waals surface area (Å²) >= 11 is 1.27. The Kier molecular flexibility index (Phi) is 5.34. The van der Waals surface area contributed by atoms with Crippen LogP contribution in [0.2, 0.25) is 0 Å². The molecular weight excluding hydrogens is 382 g/mol. The molecule has 2 aliphatic heterocycles. The molecule has 0 N–H and O–H groups in total. The molecule has 0 bridgehead atoms. The fourth-order valence-electron chi connectivity index (χ4n) is 3.68. The number of piperidine rings is 1. The number of rotatable bonds is 4. The van der Waals surface area contributed by atoms with E-state index in [1.807, 2.05) is 6.92 Å². The zero-order valence-electron chi connectivity index (χ0n) is 15.5. The predicted octanol–water partition coefficient (Wildman–Crippen LogP) is 2.35. The highest BCUT2D eigenvalue weighted by molar-refractivity contribution is 7.91. The van der Waals surface area contributed by atoms with E-state index in [2.05, 4.69) is 25.8 Å². The average Bonchev–Trinajstić information content (AvgIpc) is 3.24. The molecule has 2 aromatic heterocycles. The van der Waals surface area contributed by atoms with Gasteiger partial charge in [-0.1, -0.05) is 6.07 Å². The Hall–Kier alpha value is -1.71. The second-order valence-electron chi connectivity index (χ2n) is 7.00. The third kappa shape index (κ3) is 3.95. The number of hydrogen-bond donors (Lipinski definition) is 0. The van der Waals surface area contributed by atoms with Gasteiger partial charge in [0, 0.05) is 45.3 Å². The number of piperazine rings is 1. The second kappa shape index (κ2) is 7.73. The van der Waals surface area contributed by atoms with Crippen LogP contribution in [0.15, 0.2) is 27.8 Å². The molecule has 9 heteroatoms. The maximum absolute atomic E-state index is 12.7. The summed E-state index contributed by atoms with van der Waals surface area (Å²) in [5.41, 5.74) is 0. The number of hydrogen-bond acceptors (Lipinski definition) is 7. The minimum absolute atomic E-state index is 0.418. The Morgan fingerprint density at radius 1 is 0.926 bits per heavy atom. The molecule has 2 fully saturated rings. The van der Waals surface area contributed by atoms with Crippen molar-refractivity contribution in [1.29, 1.82) is 0 Å². The summed E-state index contributed by atoms with van der Waals surface area (Å²) in [6.07, 6.45) is 3.70. The first-order valence-corrected chi connectivity index (χ1v) is 11.8. The molecule has 0 amide bonds. The second-order valence-corrected chi connectivity index (χ2v) is 10.1. The van der Waals surface area contributed by atoms with Crippen LogP contribution in [-0.2, 0) is 10.0 Å². The van der Waals surface area contributed by atoms with E-state index in [-0.39, 0.29) is 0 Å². The summed E-state index contributed by atoms with van der Waals surface area (Å²) in [4.78, 5) is 13.7. The lowest BCUT2D eigenvalue weighted by Gasteiger charge is -2.35. The molecule has 0 unspecified atom stereocenters. The average molecular weight is 408 g/mol. The molecule has 0 atom stereocenters. The summed E-state index contributed by atoms with van der Waals surface area (Å²) < 4.78 is 27.4. The van der Waals surface area contributed by atoms with Crippen molar-refractivity contribution in [2.45, 2.75) is 30.4 Å². The van der Waals surface area contributed by atoms with Crippen molar-refractivity contribution >= 4 is 33.0 Å². The normalized spacial score (nSPS) is 19.4. The van der Waals surface area contributed by atoms with Crippen LogP contribution < -0.4 is 9.80 Å². The number of aromatic nitrogens is 2. The third-order valence-electron chi connectivity index (χ3n) is 5.14. The molecule has 4 rings (SSSR count). The number of nitrogens with zero attached hydrogens (tertiary/aromatic N) is 5. The van der Waals surface area contributed by atoms with Gasteiger partial charge in [-0.3, -0.25) is 0 Å². The Bertz CT molecular complexity index is 871. The van der Waals surface area contributed by atoms with E-state index in [4.69, 9.17) is 0 Å². The van der Waals surface area contributed by atoms with Crippen LogP contribution in [0.25, 0.3) is 0 Å². The van der Waals surface area contributed by atoms with E-state index >= 15 is 0 Å². The van der Waals surface area contributed by atoms with Gasteiger partial charge in [-0.25, -0.2) is 18.4 Å². The SMILES string of the molecule is Cc1nc(N2CCCCC2)cc(N2CCN(S(=O)(=O)c3cccs3)CC2)n1. The van der Waals surface area contributed by atoms with Gasteiger partial charge in [0.15, 0.2) is 0 Å². The summed E-state index contributed by atoms with van der Waals surface area (Å²) in [5.74, 6) is 2.66. The van der Waals surface area contributed by atoms with Crippen molar-refractivity contribution in [2.75, 3.05) is 49.1 Å². The molecule has 2 aromatic rings. The van der Waals surface area contributed by atoms with Gasteiger partial charge in [0.2, 0.25) is 0 Å². The van der Waals surface area contributed by atoms with Gasteiger partial charge >= 0.3 is 0 Å². The Balaban J connectivity index is 1.47. The highest BCUT2D eigenvalue weighted by Gasteiger charge is 2.30. The molecule has 146 valence electrons. The topological polar surface area (TPSA) is 69.6 Å². The van der Waals surface area contributed by atoms with E-state index in [1.165, 1.54) is 30.6 Å².